The Bertz CT molecular complexity index is 864. The van der Waals surface area contributed by atoms with Crippen molar-refractivity contribution in [3.63, 3.8) is 0 Å². The molecule has 3 unspecified atom stereocenters. The molecule has 0 bridgehead atoms. The molecule has 5 nitrogen and oxygen atoms in total. The highest BCUT2D eigenvalue weighted by molar-refractivity contribution is 14.0. The van der Waals surface area contributed by atoms with E-state index in [0.717, 1.165) is 30.4 Å². The molecule has 1 aromatic heterocycles. The first-order valence-electron chi connectivity index (χ1n) is 9.82. The number of hydrogen-bond donors (Lipinski definition) is 2. The summed E-state index contributed by atoms with van der Waals surface area (Å²) in [6.45, 7) is 4.21. The Morgan fingerprint density at radius 3 is 2.93 bits per heavy atom. The molecule has 2 aliphatic rings. The topological polar surface area (TPSA) is 52.6 Å². The van der Waals surface area contributed by atoms with E-state index in [1.807, 2.05) is 30.0 Å². The number of nitrogens with one attached hydrogen (secondary N) is 2. The van der Waals surface area contributed by atoms with E-state index in [-0.39, 0.29) is 35.8 Å². The summed E-state index contributed by atoms with van der Waals surface area (Å²) in [5, 5.41) is 7.83. The maximum atomic E-state index is 14.0. The van der Waals surface area contributed by atoms with Gasteiger partial charge < -0.3 is 15.5 Å². The predicted octanol–water partition coefficient (Wildman–Crippen LogP) is 4.18. The van der Waals surface area contributed by atoms with Crippen molar-refractivity contribution >= 4 is 47.4 Å². The smallest absolute Gasteiger partial charge is 0.191 e. The third kappa shape index (κ3) is 5.51. The van der Waals surface area contributed by atoms with Crippen molar-refractivity contribution in [1.82, 2.24) is 15.6 Å². The molecule has 2 aromatic rings. The van der Waals surface area contributed by atoms with Crippen molar-refractivity contribution in [2.45, 2.75) is 37.8 Å². The predicted molar refractivity (Wildman–Crippen MR) is 127 cm³/mol. The van der Waals surface area contributed by atoms with Gasteiger partial charge in [-0.25, -0.2) is 9.37 Å². The highest BCUT2D eigenvalue weighted by atomic mass is 127. The molecule has 1 aliphatic heterocycles. The SMILES string of the molecule is CCN=C(NC1CCN(c2ncccc2F)C1)NC1CC1c1cccc(Cl)c1.I. The third-order valence-corrected chi connectivity index (χ3v) is 5.51. The minimum atomic E-state index is -0.272. The molecular formula is C21H26ClFIN5. The van der Waals surface area contributed by atoms with Crippen LogP contribution in [0.3, 0.4) is 0 Å². The molecule has 29 heavy (non-hydrogen) atoms. The van der Waals surface area contributed by atoms with E-state index in [4.69, 9.17) is 11.6 Å². The van der Waals surface area contributed by atoms with Gasteiger partial charge in [0, 0.05) is 48.9 Å². The van der Waals surface area contributed by atoms with Gasteiger partial charge in [0.05, 0.1) is 0 Å². The van der Waals surface area contributed by atoms with E-state index in [1.54, 1.807) is 12.3 Å². The monoisotopic (exact) mass is 529 g/mol. The number of anilines is 1. The first-order valence-corrected chi connectivity index (χ1v) is 10.2. The summed E-state index contributed by atoms with van der Waals surface area (Å²) in [4.78, 5) is 10.8. The standard InChI is InChI=1S/C21H25ClFN5.HI/c1-2-24-21(27-19-12-17(19)14-5-3-6-15(22)11-14)26-16-8-10-28(13-16)20-18(23)7-4-9-25-20;/h3-7,9,11,16-17,19H,2,8,10,12-13H2,1H3,(H2,24,26,27);1H. The van der Waals surface area contributed by atoms with E-state index in [0.29, 0.717) is 30.9 Å². The number of hydrogen-bond acceptors (Lipinski definition) is 3. The van der Waals surface area contributed by atoms with Gasteiger partial charge in [-0.15, -0.1) is 24.0 Å². The first kappa shape index (κ1) is 22.1. The van der Waals surface area contributed by atoms with Gasteiger partial charge in [0.1, 0.15) is 0 Å². The van der Waals surface area contributed by atoms with Gasteiger partial charge in [-0.1, -0.05) is 23.7 Å². The Labute approximate surface area is 193 Å². The van der Waals surface area contributed by atoms with E-state index >= 15 is 0 Å². The van der Waals surface area contributed by atoms with Crippen molar-refractivity contribution in [2.24, 2.45) is 4.99 Å². The lowest BCUT2D eigenvalue weighted by atomic mass is 10.1. The highest BCUT2D eigenvalue weighted by Crippen LogP contribution is 2.41. The van der Waals surface area contributed by atoms with Crippen molar-refractivity contribution < 1.29 is 4.39 Å². The second-order valence-corrected chi connectivity index (χ2v) is 7.79. The molecule has 1 saturated carbocycles. The van der Waals surface area contributed by atoms with Crippen LogP contribution in [0.15, 0.2) is 47.6 Å². The van der Waals surface area contributed by atoms with Crippen LogP contribution in [0, 0.1) is 5.82 Å². The molecule has 0 amide bonds. The zero-order chi connectivity index (χ0) is 19.5. The molecular weight excluding hydrogens is 504 g/mol. The van der Waals surface area contributed by atoms with Crippen LogP contribution in [-0.2, 0) is 0 Å². The average molecular weight is 530 g/mol. The van der Waals surface area contributed by atoms with Crippen molar-refractivity contribution in [3.05, 3.63) is 59.0 Å². The Kier molecular flexibility index (Phi) is 7.56. The average Bonchev–Trinajstić information content (AvgIpc) is 3.29. The lowest BCUT2D eigenvalue weighted by molar-refractivity contribution is 0.612. The van der Waals surface area contributed by atoms with Crippen LogP contribution < -0.4 is 15.5 Å². The Balaban J connectivity index is 0.00000240. The molecule has 8 heteroatoms. The maximum absolute atomic E-state index is 14.0. The van der Waals surface area contributed by atoms with Gasteiger partial charge in [-0.05, 0) is 49.6 Å². The summed E-state index contributed by atoms with van der Waals surface area (Å²) in [5.74, 6) is 1.44. The number of aromatic nitrogens is 1. The summed E-state index contributed by atoms with van der Waals surface area (Å²) in [7, 11) is 0. The fourth-order valence-corrected chi connectivity index (χ4v) is 4.00. The summed E-state index contributed by atoms with van der Waals surface area (Å²) in [6, 6.07) is 11.7. The van der Waals surface area contributed by atoms with E-state index in [2.05, 4.69) is 26.7 Å². The second-order valence-electron chi connectivity index (χ2n) is 7.36. The van der Waals surface area contributed by atoms with E-state index in [9.17, 15) is 4.39 Å². The van der Waals surface area contributed by atoms with Crippen LogP contribution in [0.25, 0.3) is 0 Å². The molecule has 1 aliphatic carbocycles. The fraction of sp³-hybridized carbons (Fsp3) is 0.429. The van der Waals surface area contributed by atoms with Crippen LogP contribution in [0.4, 0.5) is 10.2 Å². The zero-order valence-corrected chi connectivity index (χ0v) is 19.4. The molecule has 3 atom stereocenters. The van der Waals surface area contributed by atoms with Gasteiger partial charge in [0.15, 0.2) is 17.6 Å². The van der Waals surface area contributed by atoms with Gasteiger partial charge in [0.25, 0.3) is 0 Å². The number of nitrogens with zero attached hydrogens (tertiary/aromatic N) is 3. The maximum Gasteiger partial charge on any atom is 0.191 e. The lowest BCUT2D eigenvalue weighted by Crippen LogP contribution is -2.45. The molecule has 0 spiro atoms. The summed E-state index contributed by atoms with van der Waals surface area (Å²) >= 11 is 6.12. The van der Waals surface area contributed by atoms with Gasteiger partial charge in [-0.2, -0.15) is 0 Å². The molecule has 1 saturated heterocycles. The van der Waals surface area contributed by atoms with Gasteiger partial charge in [-0.3, -0.25) is 4.99 Å². The number of benzene rings is 1. The number of rotatable bonds is 5. The quantitative estimate of drug-likeness (QED) is 0.347. The lowest BCUT2D eigenvalue weighted by Gasteiger charge is -2.20. The van der Waals surface area contributed by atoms with Crippen LogP contribution in [0.5, 0.6) is 0 Å². The molecule has 2 N–H and O–H groups in total. The Hall–Kier alpha value is -1.61. The van der Waals surface area contributed by atoms with Crippen molar-refractivity contribution in [2.75, 3.05) is 24.5 Å². The van der Waals surface area contributed by atoms with E-state index < -0.39 is 0 Å². The van der Waals surface area contributed by atoms with Crippen LogP contribution in [0.2, 0.25) is 5.02 Å². The second kappa shape index (κ2) is 9.93. The molecule has 4 rings (SSSR count). The molecule has 2 heterocycles. The summed E-state index contributed by atoms with van der Waals surface area (Å²) in [5.41, 5.74) is 1.26. The van der Waals surface area contributed by atoms with E-state index in [1.165, 1.54) is 11.6 Å². The number of guanidine groups is 1. The van der Waals surface area contributed by atoms with Crippen LogP contribution in [-0.4, -0.2) is 42.7 Å². The number of halogens is 3. The van der Waals surface area contributed by atoms with Crippen LogP contribution >= 0.6 is 35.6 Å². The van der Waals surface area contributed by atoms with Crippen molar-refractivity contribution in [3.8, 4) is 0 Å². The van der Waals surface area contributed by atoms with Gasteiger partial charge >= 0.3 is 0 Å². The molecule has 1 aromatic carbocycles. The largest absolute Gasteiger partial charge is 0.353 e. The fourth-order valence-electron chi connectivity index (χ4n) is 3.80. The summed E-state index contributed by atoms with van der Waals surface area (Å²) < 4.78 is 14.0. The number of aliphatic imine (C=N–C) groups is 1. The van der Waals surface area contributed by atoms with Crippen LogP contribution in [0.1, 0.15) is 31.2 Å². The van der Waals surface area contributed by atoms with Gasteiger partial charge in [0.2, 0.25) is 0 Å². The zero-order valence-electron chi connectivity index (χ0n) is 16.3. The Morgan fingerprint density at radius 1 is 1.31 bits per heavy atom. The first-order chi connectivity index (χ1) is 13.6. The number of pyridine rings is 1. The Morgan fingerprint density at radius 2 is 2.17 bits per heavy atom. The third-order valence-electron chi connectivity index (χ3n) is 5.27. The highest BCUT2D eigenvalue weighted by Gasteiger charge is 2.39. The van der Waals surface area contributed by atoms with Crippen molar-refractivity contribution in [1.29, 1.82) is 0 Å². The molecule has 0 radical (unpaired) electrons. The summed E-state index contributed by atoms with van der Waals surface area (Å²) in [6.07, 6.45) is 3.62. The molecule has 156 valence electrons. The minimum absolute atomic E-state index is 0. The minimum Gasteiger partial charge on any atom is -0.353 e. The molecule has 2 fully saturated rings. The normalized spacial score (nSPS) is 23.5.